The highest BCUT2D eigenvalue weighted by Crippen LogP contribution is 2.29. The molecular weight excluding hydrogens is 474 g/mol. The van der Waals surface area contributed by atoms with E-state index < -0.39 is 24.1 Å². The van der Waals surface area contributed by atoms with E-state index >= 15 is 4.39 Å². The van der Waals surface area contributed by atoms with Crippen molar-refractivity contribution in [1.29, 1.82) is 0 Å². The number of carbonyl (C=O) groups is 1. The quantitative estimate of drug-likeness (QED) is 0.411. The fourth-order valence-corrected chi connectivity index (χ4v) is 3.94. The van der Waals surface area contributed by atoms with Crippen LogP contribution in [0.2, 0.25) is 0 Å². The van der Waals surface area contributed by atoms with E-state index in [9.17, 15) is 18.3 Å². The Balaban J connectivity index is 0.000000540. The molecule has 4 N–H and O–H groups in total. The first kappa shape index (κ1) is 29.0. The van der Waals surface area contributed by atoms with Gasteiger partial charge in [-0.1, -0.05) is 0 Å². The minimum Gasteiger partial charge on any atom is -0.475 e. The van der Waals surface area contributed by atoms with E-state index in [0.29, 0.717) is 44.5 Å². The molecule has 0 aromatic carbocycles. The van der Waals surface area contributed by atoms with Crippen LogP contribution in [0.25, 0.3) is 0 Å². The van der Waals surface area contributed by atoms with Crippen molar-refractivity contribution in [3.63, 3.8) is 0 Å². The summed E-state index contributed by atoms with van der Waals surface area (Å²) in [5.41, 5.74) is -0.0655. The number of nitrogens with zero attached hydrogens (tertiary/aromatic N) is 3. The Morgan fingerprint density at radius 2 is 2.03 bits per heavy atom. The van der Waals surface area contributed by atoms with Crippen LogP contribution in [0.3, 0.4) is 0 Å². The van der Waals surface area contributed by atoms with E-state index in [-0.39, 0.29) is 17.3 Å². The average Bonchev–Trinajstić information content (AvgIpc) is 2.79. The van der Waals surface area contributed by atoms with Gasteiger partial charge in [0, 0.05) is 32.1 Å². The summed E-state index contributed by atoms with van der Waals surface area (Å²) in [5.74, 6) is -2.20. The summed E-state index contributed by atoms with van der Waals surface area (Å²) in [7, 11) is 0. The molecule has 200 valence electrons. The smallest absolute Gasteiger partial charge is 0.475 e. The lowest BCUT2D eigenvalue weighted by Gasteiger charge is -2.37. The molecule has 0 bridgehead atoms. The summed E-state index contributed by atoms with van der Waals surface area (Å²) >= 11 is 0. The van der Waals surface area contributed by atoms with E-state index in [1.165, 1.54) is 6.33 Å². The minimum absolute atomic E-state index is 0.0655. The number of hydrogen-bond acceptors (Lipinski definition) is 8. The molecule has 0 amide bonds. The van der Waals surface area contributed by atoms with Crippen LogP contribution in [-0.2, 0) is 9.53 Å². The highest BCUT2D eigenvalue weighted by molar-refractivity contribution is 5.73. The Bertz CT molecular complexity index is 818. The molecule has 0 aliphatic carbocycles. The number of rotatable bonds is 7. The Morgan fingerprint density at radius 1 is 1.34 bits per heavy atom. The van der Waals surface area contributed by atoms with Crippen LogP contribution in [0.4, 0.5) is 29.2 Å². The number of nitrogens with one attached hydrogen (secondary N) is 2. The van der Waals surface area contributed by atoms with E-state index in [2.05, 4.69) is 34.4 Å². The fraction of sp³-hybridized carbons (Fsp3) is 0.773. The third kappa shape index (κ3) is 9.04. The third-order valence-electron chi connectivity index (χ3n) is 6.16. The molecule has 1 aromatic rings. The lowest BCUT2D eigenvalue weighted by Crippen LogP contribution is -2.43. The van der Waals surface area contributed by atoms with Gasteiger partial charge in [-0.25, -0.2) is 14.8 Å². The van der Waals surface area contributed by atoms with Crippen LogP contribution in [0.1, 0.15) is 40.0 Å². The second-order valence-electron chi connectivity index (χ2n) is 9.38. The number of ether oxygens (including phenoxy) is 1. The molecule has 3 heterocycles. The maximum absolute atomic E-state index is 15.1. The van der Waals surface area contributed by atoms with Crippen LogP contribution < -0.4 is 15.5 Å². The van der Waals surface area contributed by atoms with Crippen molar-refractivity contribution in [2.45, 2.75) is 57.9 Å². The molecule has 2 aliphatic rings. The van der Waals surface area contributed by atoms with Crippen LogP contribution in [0.15, 0.2) is 6.33 Å². The molecular formula is C22H35F4N5O4. The van der Waals surface area contributed by atoms with Crippen LogP contribution >= 0.6 is 0 Å². The molecule has 13 heteroatoms. The molecule has 9 nitrogen and oxygen atoms in total. The van der Waals surface area contributed by atoms with E-state index in [1.807, 2.05) is 11.8 Å². The summed E-state index contributed by atoms with van der Waals surface area (Å²) in [6, 6.07) is 0. The number of piperidine rings is 1. The van der Waals surface area contributed by atoms with E-state index in [1.54, 1.807) is 0 Å². The average molecular weight is 510 g/mol. The van der Waals surface area contributed by atoms with E-state index in [0.717, 1.165) is 25.8 Å². The number of hydrogen-bond donors (Lipinski definition) is 4. The summed E-state index contributed by atoms with van der Waals surface area (Å²) in [6.45, 7) is 10.2. The van der Waals surface area contributed by atoms with Crippen LogP contribution in [-0.4, -0.2) is 83.4 Å². The Morgan fingerprint density at radius 3 is 2.57 bits per heavy atom. The van der Waals surface area contributed by atoms with Crippen molar-refractivity contribution in [3.8, 4) is 0 Å². The second kappa shape index (κ2) is 12.6. The summed E-state index contributed by atoms with van der Waals surface area (Å²) in [5, 5.41) is 23.4. The van der Waals surface area contributed by atoms with Gasteiger partial charge in [0.05, 0.1) is 18.3 Å². The van der Waals surface area contributed by atoms with Gasteiger partial charge in [-0.2, -0.15) is 17.6 Å². The van der Waals surface area contributed by atoms with Crippen molar-refractivity contribution in [3.05, 3.63) is 12.1 Å². The standard InChI is InChI=1S/C20H34FN5O2.C2HF3O2/c1-4-26(11-14-5-7-20(2,3)28-12-14)19-17(21)18(24-13-25-19)23-9-15-6-8-22-10-16(15)27;3-2(4,5)1(6)7/h13-16,22,27H,4-12H2,1-3H3,(H,23,24,25);(H,6,7)/t14-,15?,16?;/m0./s1. The number of aliphatic hydroxyl groups is 1. The maximum Gasteiger partial charge on any atom is 0.490 e. The van der Waals surface area contributed by atoms with Crippen molar-refractivity contribution in [2.75, 3.05) is 49.5 Å². The maximum atomic E-state index is 15.1. The van der Waals surface area contributed by atoms with Gasteiger partial charge in [0.25, 0.3) is 0 Å². The minimum atomic E-state index is -5.08. The Labute approximate surface area is 202 Å². The van der Waals surface area contributed by atoms with Gasteiger partial charge in [-0.05, 0) is 52.5 Å². The van der Waals surface area contributed by atoms with Gasteiger partial charge >= 0.3 is 12.1 Å². The predicted octanol–water partition coefficient (Wildman–Crippen LogP) is 2.66. The monoisotopic (exact) mass is 509 g/mol. The number of halogens is 4. The number of alkyl halides is 3. The predicted molar refractivity (Wildman–Crippen MR) is 122 cm³/mol. The number of aliphatic carboxylic acids is 1. The second-order valence-corrected chi connectivity index (χ2v) is 9.38. The summed E-state index contributed by atoms with van der Waals surface area (Å²) < 4.78 is 52.8. The fourth-order valence-electron chi connectivity index (χ4n) is 3.94. The zero-order valence-corrected chi connectivity index (χ0v) is 20.2. The molecule has 2 saturated heterocycles. The topological polar surface area (TPSA) is 120 Å². The number of aliphatic hydroxyl groups excluding tert-OH is 1. The first-order valence-electron chi connectivity index (χ1n) is 11.7. The zero-order chi connectivity index (χ0) is 26.2. The van der Waals surface area contributed by atoms with Gasteiger partial charge in [0.15, 0.2) is 11.6 Å². The lowest BCUT2D eigenvalue weighted by atomic mass is 9.91. The van der Waals surface area contributed by atoms with Gasteiger partial charge in [0.2, 0.25) is 5.82 Å². The highest BCUT2D eigenvalue weighted by Gasteiger charge is 2.38. The largest absolute Gasteiger partial charge is 0.490 e. The molecule has 35 heavy (non-hydrogen) atoms. The van der Waals surface area contributed by atoms with Crippen LogP contribution in [0.5, 0.6) is 0 Å². The SMILES string of the molecule is CCN(C[C@@H]1CCC(C)(C)OC1)c1ncnc(NCC2CCNCC2O)c1F.O=C(O)C(F)(F)F. The first-order chi connectivity index (χ1) is 16.3. The van der Waals surface area contributed by atoms with Gasteiger partial charge in [0.1, 0.15) is 6.33 Å². The molecule has 1 aromatic heterocycles. The molecule has 0 spiro atoms. The molecule has 2 fully saturated rings. The molecule has 2 unspecified atom stereocenters. The molecule has 3 atom stereocenters. The molecule has 3 rings (SSSR count). The first-order valence-corrected chi connectivity index (χ1v) is 11.7. The zero-order valence-electron chi connectivity index (χ0n) is 20.2. The van der Waals surface area contributed by atoms with Crippen LogP contribution in [0, 0.1) is 17.7 Å². The molecule has 2 aliphatic heterocycles. The summed E-state index contributed by atoms with van der Waals surface area (Å²) in [6.07, 6.45) is -1.18. The Hall–Kier alpha value is -2.25. The number of anilines is 2. The number of carboxylic acids is 1. The van der Waals surface area contributed by atoms with Crippen molar-refractivity contribution >= 4 is 17.6 Å². The third-order valence-corrected chi connectivity index (χ3v) is 6.16. The number of β-amino-alcohol motifs (C(OH)–C–C–N with tert-alkyl or cyclic N) is 1. The van der Waals surface area contributed by atoms with Crippen molar-refractivity contribution in [2.24, 2.45) is 11.8 Å². The lowest BCUT2D eigenvalue weighted by molar-refractivity contribution is -0.192. The van der Waals surface area contributed by atoms with Gasteiger partial charge < -0.3 is 30.5 Å². The van der Waals surface area contributed by atoms with Gasteiger partial charge in [-0.3, -0.25) is 0 Å². The van der Waals surface area contributed by atoms with Gasteiger partial charge in [-0.15, -0.1) is 0 Å². The molecule has 0 radical (unpaired) electrons. The number of carboxylic acid groups (broad SMARTS) is 1. The Kier molecular flexibility index (Phi) is 10.5. The van der Waals surface area contributed by atoms with Crippen molar-refractivity contribution in [1.82, 2.24) is 15.3 Å². The van der Waals surface area contributed by atoms with E-state index in [4.69, 9.17) is 14.6 Å². The van der Waals surface area contributed by atoms with Crippen molar-refractivity contribution < 1.29 is 37.3 Å². The number of aromatic nitrogens is 2. The summed E-state index contributed by atoms with van der Waals surface area (Å²) in [4.78, 5) is 19.2. The highest BCUT2D eigenvalue weighted by atomic mass is 19.4. The normalized spacial score (nSPS) is 24.2. The molecule has 0 saturated carbocycles.